The van der Waals surface area contributed by atoms with Crippen molar-refractivity contribution in [2.45, 2.75) is 25.4 Å². The third kappa shape index (κ3) is 2.03. The Morgan fingerprint density at radius 1 is 1.29 bits per heavy atom. The lowest BCUT2D eigenvalue weighted by atomic mass is 9.94. The van der Waals surface area contributed by atoms with E-state index in [9.17, 15) is 5.11 Å². The average Bonchev–Trinajstić information content (AvgIpc) is 2.73. The molecule has 1 saturated heterocycles. The van der Waals surface area contributed by atoms with Crippen molar-refractivity contribution in [1.82, 2.24) is 4.37 Å². The van der Waals surface area contributed by atoms with Gasteiger partial charge in [-0.05, 0) is 43.4 Å². The lowest BCUT2D eigenvalue weighted by Crippen LogP contribution is -2.42. The lowest BCUT2D eigenvalue weighted by molar-refractivity contribution is 0.0353. The van der Waals surface area contributed by atoms with Crippen molar-refractivity contribution in [3.63, 3.8) is 0 Å². The fourth-order valence-electron chi connectivity index (χ4n) is 2.30. The molecule has 3 rings (SSSR count). The van der Waals surface area contributed by atoms with E-state index in [-0.39, 0.29) is 0 Å². The van der Waals surface area contributed by atoms with Crippen molar-refractivity contribution in [3.05, 3.63) is 24.3 Å². The van der Waals surface area contributed by atoms with E-state index in [0.29, 0.717) is 0 Å². The summed E-state index contributed by atoms with van der Waals surface area (Å²) >= 11 is 1.56. The first-order valence-corrected chi connectivity index (χ1v) is 6.75. The Balaban J connectivity index is 1.90. The quantitative estimate of drug-likeness (QED) is 0.843. The molecule has 0 bridgehead atoms. The number of rotatable bonds is 1. The Hall–Kier alpha value is -1.13. The van der Waals surface area contributed by atoms with Crippen molar-refractivity contribution in [2.24, 2.45) is 0 Å². The SMILES string of the molecule is CC1(O)CCN(c2snc3ccccc23)CC1. The highest BCUT2D eigenvalue weighted by atomic mass is 32.1. The van der Waals surface area contributed by atoms with Gasteiger partial charge in [0.1, 0.15) is 5.00 Å². The van der Waals surface area contributed by atoms with Crippen LogP contribution in [0, 0.1) is 0 Å². The minimum atomic E-state index is -0.489. The molecule has 1 aliphatic heterocycles. The van der Waals surface area contributed by atoms with Crippen LogP contribution in [0.1, 0.15) is 19.8 Å². The summed E-state index contributed by atoms with van der Waals surface area (Å²) in [5, 5.41) is 12.4. The smallest absolute Gasteiger partial charge is 0.119 e. The van der Waals surface area contributed by atoms with Gasteiger partial charge in [0, 0.05) is 18.5 Å². The number of fused-ring (bicyclic) bond motifs is 1. The monoisotopic (exact) mass is 248 g/mol. The highest BCUT2D eigenvalue weighted by Gasteiger charge is 2.28. The third-order valence-electron chi connectivity index (χ3n) is 3.49. The van der Waals surface area contributed by atoms with E-state index < -0.39 is 5.60 Å². The fourth-order valence-corrected chi connectivity index (χ4v) is 3.21. The summed E-state index contributed by atoms with van der Waals surface area (Å²) < 4.78 is 4.47. The van der Waals surface area contributed by atoms with Crippen molar-refractivity contribution in [1.29, 1.82) is 0 Å². The number of hydrogen-bond donors (Lipinski definition) is 1. The average molecular weight is 248 g/mol. The van der Waals surface area contributed by atoms with E-state index in [4.69, 9.17) is 0 Å². The van der Waals surface area contributed by atoms with Crippen LogP contribution in [0.3, 0.4) is 0 Å². The van der Waals surface area contributed by atoms with E-state index in [0.717, 1.165) is 31.4 Å². The van der Waals surface area contributed by atoms with E-state index in [1.807, 2.05) is 13.0 Å². The van der Waals surface area contributed by atoms with Crippen LogP contribution in [0.25, 0.3) is 10.9 Å². The van der Waals surface area contributed by atoms with Gasteiger partial charge in [-0.25, -0.2) is 0 Å². The van der Waals surface area contributed by atoms with Crippen molar-refractivity contribution in [2.75, 3.05) is 18.0 Å². The second-order valence-electron chi connectivity index (χ2n) is 4.99. The first-order chi connectivity index (χ1) is 8.16. The largest absolute Gasteiger partial charge is 0.390 e. The molecule has 0 unspecified atom stereocenters. The van der Waals surface area contributed by atoms with Gasteiger partial charge in [0.15, 0.2) is 0 Å². The zero-order chi connectivity index (χ0) is 11.9. The molecule has 1 N–H and O–H groups in total. The third-order valence-corrected chi connectivity index (χ3v) is 4.43. The summed E-state index contributed by atoms with van der Waals surface area (Å²) in [5.74, 6) is 0. The van der Waals surface area contributed by atoms with Gasteiger partial charge in [0.25, 0.3) is 0 Å². The summed E-state index contributed by atoms with van der Waals surface area (Å²) in [6, 6.07) is 8.25. The highest BCUT2D eigenvalue weighted by molar-refractivity contribution is 7.11. The number of nitrogens with zero attached hydrogens (tertiary/aromatic N) is 2. The van der Waals surface area contributed by atoms with Gasteiger partial charge >= 0.3 is 0 Å². The predicted octanol–water partition coefficient (Wildman–Crippen LogP) is 2.65. The number of aromatic nitrogens is 1. The van der Waals surface area contributed by atoms with Crippen LogP contribution < -0.4 is 4.90 Å². The minimum absolute atomic E-state index is 0.489. The summed E-state index contributed by atoms with van der Waals surface area (Å²) in [5.41, 5.74) is 0.585. The zero-order valence-electron chi connectivity index (χ0n) is 9.89. The van der Waals surface area contributed by atoms with Crippen LogP contribution in [0.5, 0.6) is 0 Å². The first-order valence-electron chi connectivity index (χ1n) is 5.97. The molecule has 1 aromatic heterocycles. The molecule has 0 saturated carbocycles. The molecule has 2 heterocycles. The molecule has 0 amide bonds. The molecule has 1 aromatic carbocycles. The fraction of sp³-hybridized carbons (Fsp3) is 0.462. The molecule has 4 heteroatoms. The summed E-state index contributed by atoms with van der Waals surface area (Å²) in [4.78, 5) is 2.35. The Kier molecular flexibility index (Phi) is 2.56. The standard InChI is InChI=1S/C13H16N2OS/c1-13(16)6-8-15(9-7-13)12-10-4-2-3-5-11(10)14-17-12/h2-5,16H,6-9H2,1H3. The van der Waals surface area contributed by atoms with Crippen molar-refractivity contribution in [3.8, 4) is 0 Å². The van der Waals surface area contributed by atoms with Gasteiger partial charge in [-0.1, -0.05) is 12.1 Å². The van der Waals surface area contributed by atoms with Crippen LogP contribution in [-0.2, 0) is 0 Å². The highest BCUT2D eigenvalue weighted by Crippen LogP contribution is 2.34. The Labute approximate surface area is 105 Å². The maximum atomic E-state index is 9.96. The topological polar surface area (TPSA) is 36.4 Å². The Morgan fingerprint density at radius 2 is 2.00 bits per heavy atom. The van der Waals surface area contributed by atoms with Gasteiger partial charge in [-0.15, -0.1) is 0 Å². The molecule has 2 aromatic rings. The number of benzene rings is 1. The van der Waals surface area contributed by atoms with Gasteiger partial charge in [-0.2, -0.15) is 4.37 Å². The first kappa shape index (κ1) is 11.0. The molecule has 0 aliphatic carbocycles. The molecule has 0 radical (unpaired) electrons. The van der Waals surface area contributed by atoms with Crippen LogP contribution in [-0.4, -0.2) is 28.2 Å². The zero-order valence-corrected chi connectivity index (χ0v) is 10.7. The van der Waals surface area contributed by atoms with Crippen molar-refractivity contribution < 1.29 is 5.11 Å². The maximum absolute atomic E-state index is 9.96. The minimum Gasteiger partial charge on any atom is -0.390 e. The van der Waals surface area contributed by atoms with E-state index in [1.54, 1.807) is 11.5 Å². The van der Waals surface area contributed by atoms with Crippen molar-refractivity contribution >= 4 is 27.4 Å². The molecule has 0 spiro atoms. The summed E-state index contributed by atoms with van der Waals surface area (Å²) in [6.45, 7) is 3.76. The van der Waals surface area contributed by atoms with Gasteiger partial charge in [0.05, 0.1) is 11.1 Å². The second kappa shape index (κ2) is 3.96. The van der Waals surface area contributed by atoms with Gasteiger partial charge in [0.2, 0.25) is 0 Å². The number of hydrogen-bond acceptors (Lipinski definition) is 4. The molecular weight excluding hydrogens is 232 g/mol. The van der Waals surface area contributed by atoms with Gasteiger partial charge < -0.3 is 10.0 Å². The van der Waals surface area contributed by atoms with E-state index in [2.05, 4.69) is 27.5 Å². The van der Waals surface area contributed by atoms with E-state index in [1.165, 1.54) is 10.4 Å². The molecule has 0 atom stereocenters. The van der Waals surface area contributed by atoms with Crippen LogP contribution in [0.15, 0.2) is 24.3 Å². The van der Waals surface area contributed by atoms with Crippen LogP contribution in [0.4, 0.5) is 5.00 Å². The summed E-state index contributed by atoms with van der Waals surface area (Å²) in [6.07, 6.45) is 1.67. The van der Waals surface area contributed by atoms with Crippen LogP contribution >= 0.6 is 11.5 Å². The predicted molar refractivity (Wildman–Crippen MR) is 71.7 cm³/mol. The molecule has 3 nitrogen and oxygen atoms in total. The molecule has 90 valence electrons. The number of aliphatic hydroxyl groups is 1. The Morgan fingerprint density at radius 3 is 2.76 bits per heavy atom. The number of piperidine rings is 1. The van der Waals surface area contributed by atoms with E-state index >= 15 is 0 Å². The lowest BCUT2D eigenvalue weighted by Gasteiger charge is -2.36. The molecular formula is C13H16N2OS. The van der Waals surface area contributed by atoms with Crippen LogP contribution in [0.2, 0.25) is 0 Å². The molecule has 1 aliphatic rings. The Bertz CT molecular complexity index is 525. The maximum Gasteiger partial charge on any atom is 0.119 e. The molecule has 17 heavy (non-hydrogen) atoms. The summed E-state index contributed by atoms with van der Waals surface area (Å²) in [7, 11) is 0. The normalized spacial score (nSPS) is 19.8. The van der Waals surface area contributed by atoms with Gasteiger partial charge in [-0.3, -0.25) is 0 Å². The number of anilines is 1. The molecule has 1 fully saturated rings. The second-order valence-corrected chi connectivity index (χ2v) is 5.74.